The van der Waals surface area contributed by atoms with Gasteiger partial charge in [-0.3, -0.25) is 4.79 Å². The van der Waals surface area contributed by atoms with E-state index in [-0.39, 0.29) is 29.0 Å². The summed E-state index contributed by atoms with van der Waals surface area (Å²) in [6, 6.07) is 13.3. The van der Waals surface area contributed by atoms with Crippen LogP contribution >= 0.6 is 0 Å². The Morgan fingerprint density at radius 2 is 1.75 bits per heavy atom. The molecule has 28 heavy (non-hydrogen) atoms. The summed E-state index contributed by atoms with van der Waals surface area (Å²) in [5, 5.41) is 0. The summed E-state index contributed by atoms with van der Waals surface area (Å²) in [5.41, 5.74) is 2.05. The molecule has 2 aromatic carbocycles. The fourth-order valence-electron chi connectivity index (χ4n) is 3.48. The van der Waals surface area contributed by atoms with E-state index in [1.807, 2.05) is 24.3 Å². The van der Waals surface area contributed by atoms with E-state index in [4.69, 9.17) is 0 Å². The second-order valence-corrected chi connectivity index (χ2v) is 10.6. The van der Waals surface area contributed by atoms with Crippen molar-refractivity contribution in [3.63, 3.8) is 0 Å². The molecule has 0 aromatic heterocycles. The zero-order chi connectivity index (χ0) is 20.5. The van der Waals surface area contributed by atoms with Gasteiger partial charge in [0, 0.05) is 12.6 Å². The molecule has 6 heteroatoms. The third kappa shape index (κ3) is 4.61. The van der Waals surface area contributed by atoms with E-state index < -0.39 is 27.6 Å². The standard InChI is InChI=1S/C22H26FNO3S/c1-22(2,3)17-10-8-16(9-11-17)14-24(18-12-13-28(26,27)15-18)21(25)19-6-4-5-7-20(19)23/h4-11,18H,12-15H2,1-3H3/t18-/m1/s1. The van der Waals surface area contributed by atoms with Crippen LogP contribution in [0, 0.1) is 5.82 Å². The van der Waals surface area contributed by atoms with E-state index >= 15 is 0 Å². The molecule has 2 aromatic rings. The van der Waals surface area contributed by atoms with E-state index in [1.54, 1.807) is 6.07 Å². The average molecular weight is 404 g/mol. The summed E-state index contributed by atoms with van der Waals surface area (Å²) in [6.07, 6.45) is 0.378. The smallest absolute Gasteiger partial charge is 0.257 e. The first-order valence-corrected chi connectivity index (χ1v) is 11.2. The van der Waals surface area contributed by atoms with Gasteiger partial charge in [0.05, 0.1) is 17.1 Å². The maximum Gasteiger partial charge on any atom is 0.257 e. The van der Waals surface area contributed by atoms with Crippen molar-refractivity contribution >= 4 is 15.7 Å². The Kier molecular flexibility index (Phi) is 5.62. The maximum atomic E-state index is 14.2. The number of carbonyl (C=O) groups is 1. The third-order valence-electron chi connectivity index (χ3n) is 5.19. The molecular formula is C22H26FNO3S. The first-order valence-electron chi connectivity index (χ1n) is 9.42. The molecule has 1 aliphatic rings. The van der Waals surface area contributed by atoms with E-state index in [0.29, 0.717) is 6.42 Å². The van der Waals surface area contributed by atoms with Crippen LogP contribution in [-0.2, 0) is 21.8 Å². The minimum atomic E-state index is -3.17. The van der Waals surface area contributed by atoms with Crippen molar-refractivity contribution in [2.75, 3.05) is 11.5 Å². The van der Waals surface area contributed by atoms with Gasteiger partial charge in [-0.25, -0.2) is 12.8 Å². The molecule has 3 rings (SSSR count). The maximum absolute atomic E-state index is 14.2. The van der Waals surface area contributed by atoms with Crippen LogP contribution in [0.2, 0.25) is 0 Å². The Labute approximate surface area is 166 Å². The van der Waals surface area contributed by atoms with Crippen LogP contribution in [0.4, 0.5) is 4.39 Å². The van der Waals surface area contributed by atoms with Crippen LogP contribution in [0.15, 0.2) is 48.5 Å². The summed E-state index contributed by atoms with van der Waals surface area (Å²) in [6.45, 7) is 6.62. The zero-order valence-corrected chi connectivity index (χ0v) is 17.3. The summed E-state index contributed by atoms with van der Waals surface area (Å²) in [5.74, 6) is -1.09. The quantitative estimate of drug-likeness (QED) is 0.777. The van der Waals surface area contributed by atoms with Gasteiger partial charge in [0.15, 0.2) is 9.84 Å². The molecule has 0 spiro atoms. The molecule has 4 nitrogen and oxygen atoms in total. The summed E-state index contributed by atoms with van der Waals surface area (Å²) in [7, 11) is -3.17. The van der Waals surface area contributed by atoms with Gasteiger partial charge in [0.25, 0.3) is 5.91 Å². The van der Waals surface area contributed by atoms with Crippen molar-refractivity contribution in [3.05, 3.63) is 71.0 Å². The highest BCUT2D eigenvalue weighted by atomic mass is 32.2. The number of benzene rings is 2. The minimum absolute atomic E-state index is 0.0146. The van der Waals surface area contributed by atoms with E-state index in [1.165, 1.54) is 28.7 Å². The van der Waals surface area contributed by atoms with Gasteiger partial charge in [-0.05, 0) is 35.1 Å². The van der Waals surface area contributed by atoms with Crippen LogP contribution < -0.4 is 0 Å². The predicted molar refractivity (Wildman–Crippen MR) is 108 cm³/mol. The fraction of sp³-hybridized carbons (Fsp3) is 0.409. The summed E-state index contributed by atoms with van der Waals surface area (Å²) >= 11 is 0. The Hall–Kier alpha value is -2.21. The SMILES string of the molecule is CC(C)(C)c1ccc(CN(C(=O)c2ccccc2F)[C@@H]2CCS(=O)(=O)C2)cc1. The molecule has 150 valence electrons. The van der Waals surface area contributed by atoms with Crippen molar-refractivity contribution in [1.29, 1.82) is 0 Å². The van der Waals surface area contributed by atoms with Crippen LogP contribution in [0.1, 0.15) is 48.7 Å². The highest BCUT2D eigenvalue weighted by Gasteiger charge is 2.35. The van der Waals surface area contributed by atoms with Gasteiger partial charge in [0.1, 0.15) is 5.82 Å². The number of hydrogen-bond acceptors (Lipinski definition) is 3. The summed E-state index contributed by atoms with van der Waals surface area (Å²) in [4.78, 5) is 14.6. The highest BCUT2D eigenvalue weighted by Crippen LogP contribution is 2.25. The normalized spacial score (nSPS) is 18.8. The van der Waals surface area contributed by atoms with E-state index in [0.717, 1.165) is 5.56 Å². The Morgan fingerprint density at radius 1 is 1.11 bits per heavy atom. The lowest BCUT2D eigenvalue weighted by molar-refractivity contribution is 0.0676. The number of rotatable bonds is 4. The summed E-state index contributed by atoms with van der Waals surface area (Å²) < 4.78 is 38.1. The Bertz CT molecular complexity index is 962. The second-order valence-electron chi connectivity index (χ2n) is 8.42. The van der Waals surface area contributed by atoms with Crippen molar-refractivity contribution in [2.24, 2.45) is 0 Å². The number of halogens is 1. The van der Waals surface area contributed by atoms with Gasteiger partial charge in [-0.15, -0.1) is 0 Å². The van der Waals surface area contributed by atoms with Crippen molar-refractivity contribution in [3.8, 4) is 0 Å². The lowest BCUT2D eigenvalue weighted by Crippen LogP contribution is -2.41. The third-order valence-corrected chi connectivity index (χ3v) is 6.94. The van der Waals surface area contributed by atoms with Crippen molar-refractivity contribution in [1.82, 2.24) is 4.90 Å². The van der Waals surface area contributed by atoms with E-state index in [9.17, 15) is 17.6 Å². The van der Waals surface area contributed by atoms with Crippen LogP contribution in [-0.4, -0.2) is 36.8 Å². The molecule has 1 fully saturated rings. The molecule has 1 saturated heterocycles. The number of sulfone groups is 1. The first kappa shape index (κ1) is 20.5. The molecule has 0 N–H and O–H groups in total. The van der Waals surface area contributed by atoms with Gasteiger partial charge < -0.3 is 4.90 Å². The monoisotopic (exact) mass is 403 g/mol. The molecule has 1 atom stereocenters. The van der Waals surface area contributed by atoms with Gasteiger partial charge in [0.2, 0.25) is 0 Å². The lowest BCUT2D eigenvalue weighted by Gasteiger charge is -2.29. The van der Waals surface area contributed by atoms with Gasteiger partial charge in [-0.2, -0.15) is 0 Å². The van der Waals surface area contributed by atoms with Gasteiger partial charge in [-0.1, -0.05) is 57.2 Å². The fourth-order valence-corrected chi connectivity index (χ4v) is 5.21. The number of hydrogen-bond donors (Lipinski definition) is 0. The number of nitrogens with zero attached hydrogens (tertiary/aromatic N) is 1. The Morgan fingerprint density at radius 3 is 2.29 bits per heavy atom. The van der Waals surface area contributed by atoms with Crippen molar-refractivity contribution in [2.45, 2.75) is 45.2 Å². The minimum Gasteiger partial charge on any atom is -0.330 e. The molecule has 1 amide bonds. The molecule has 0 bridgehead atoms. The van der Waals surface area contributed by atoms with Crippen LogP contribution in [0.3, 0.4) is 0 Å². The van der Waals surface area contributed by atoms with Crippen LogP contribution in [0.5, 0.6) is 0 Å². The molecular weight excluding hydrogens is 377 g/mol. The van der Waals surface area contributed by atoms with Crippen molar-refractivity contribution < 1.29 is 17.6 Å². The molecule has 1 heterocycles. The first-order chi connectivity index (χ1) is 13.1. The molecule has 0 radical (unpaired) electrons. The molecule has 0 unspecified atom stereocenters. The number of amides is 1. The predicted octanol–water partition coefficient (Wildman–Crippen LogP) is 3.95. The lowest BCUT2D eigenvalue weighted by atomic mass is 9.86. The molecule has 0 saturated carbocycles. The number of carbonyl (C=O) groups excluding carboxylic acids is 1. The van der Waals surface area contributed by atoms with Crippen LogP contribution in [0.25, 0.3) is 0 Å². The van der Waals surface area contributed by atoms with Gasteiger partial charge >= 0.3 is 0 Å². The topological polar surface area (TPSA) is 54.5 Å². The zero-order valence-electron chi connectivity index (χ0n) is 16.5. The average Bonchev–Trinajstić information content (AvgIpc) is 2.99. The van der Waals surface area contributed by atoms with E-state index in [2.05, 4.69) is 20.8 Å². The molecule has 0 aliphatic carbocycles. The second kappa shape index (κ2) is 7.66. The highest BCUT2D eigenvalue weighted by molar-refractivity contribution is 7.91. The Balaban J connectivity index is 1.91. The largest absolute Gasteiger partial charge is 0.330 e. The molecule has 1 aliphatic heterocycles.